The Balaban J connectivity index is 1.59. The Morgan fingerprint density at radius 2 is 2.10 bits per heavy atom. The number of thiophene rings is 1. The van der Waals surface area contributed by atoms with Crippen LogP contribution in [0.4, 0.5) is 0 Å². The zero-order valence-corrected chi connectivity index (χ0v) is 12.1. The Morgan fingerprint density at radius 3 is 2.85 bits per heavy atom. The quantitative estimate of drug-likeness (QED) is 0.907. The molecule has 20 heavy (non-hydrogen) atoms. The molecule has 0 saturated heterocycles. The number of rotatable bonds is 4. The summed E-state index contributed by atoms with van der Waals surface area (Å²) < 4.78 is 0. The molecule has 0 saturated carbocycles. The van der Waals surface area contributed by atoms with Gasteiger partial charge in [-0.3, -0.25) is 4.79 Å². The van der Waals surface area contributed by atoms with E-state index in [-0.39, 0.29) is 5.91 Å². The van der Waals surface area contributed by atoms with Gasteiger partial charge >= 0.3 is 0 Å². The number of hydrogen-bond acceptors (Lipinski definition) is 3. The molecule has 1 aliphatic carbocycles. The first-order valence-corrected chi connectivity index (χ1v) is 7.74. The number of aryl methyl sites for hydroxylation is 2. The Labute approximate surface area is 122 Å². The largest absolute Gasteiger partial charge is 0.350 e. The average molecular weight is 286 g/mol. The zero-order chi connectivity index (χ0) is 13.9. The van der Waals surface area contributed by atoms with Crippen molar-refractivity contribution in [3.05, 3.63) is 57.3 Å². The Hall–Kier alpha value is -1.65. The van der Waals surface area contributed by atoms with Crippen LogP contribution in [-0.2, 0) is 24.2 Å². The minimum absolute atomic E-state index is 0.121. The number of carbonyl (C=O) groups excluding carboxylic acids is 1. The third kappa shape index (κ3) is 2.76. The number of benzene rings is 1. The molecule has 1 aromatic carbocycles. The van der Waals surface area contributed by atoms with Gasteiger partial charge in [0.1, 0.15) is 6.04 Å². The van der Waals surface area contributed by atoms with E-state index in [4.69, 9.17) is 5.73 Å². The molecule has 1 aliphatic rings. The second kappa shape index (κ2) is 5.77. The standard InChI is InChI=1S/C16H18N2OS/c17-15(11-5-2-1-3-6-11)16(19)18-10-13-9-12-7-4-8-14(12)20-13/h1-3,5-6,9,15H,4,7-8,10,17H2,(H,18,19)/t15-/m1/s1. The molecule has 3 rings (SSSR count). The molecule has 4 heteroatoms. The zero-order valence-electron chi connectivity index (χ0n) is 11.3. The van der Waals surface area contributed by atoms with Crippen LogP contribution < -0.4 is 11.1 Å². The molecular weight excluding hydrogens is 268 g/mol. The summed E-state index contributed by atoms with van der Waals surface area (Å²) in [7, 11) is 0. The third-order valence-electron chi connectivity index (χ3n) is 3.68. The molecule has 0 bridgehead atoms. The Morgan fingerprint density at radius 1 is 1.30 bits per heavy atom. The van der Waals surface area contributed by atoms with Gasteiger partial charge < -0.3 is 11.1 Å². The monoisotopic (exact) mass is 286 g/mol. The lowest BCUT2D eigenvalue weighted by Gasteiger charge is -2.11. The molecule has 0 spiro atoms. The summed E-state index contributed by atoms with van der Waals surface area (Å²) >= 11 is 1.82. The molecular formula is C16H18N2OS. The van der Waals surface area contributed by atoms with Crippen LogP contribution in [0.25, 0.3) is 0 Å². The van der Waals surface area contributed by atoms with Crippen molar-refractivity contribution in [1.29, 1.82) is 0 Å². The fourth-order valence-electron chi connectivity index (χ4n) is 2.57. The Kier molecular flexibility index (Phi) is 3.85. The van der Waals surface area contributed by atoms with E-state index in [9.17, 15) is 4.79 Å². The number of nitrogens with two attached hydrogens (primary N) is 1. The van der Waals surface area contributed by atoms with Crippen LogP contribution in [0.3, 0.4) is 0 Å². The van der Waals surface area contributed by atoms with Crippen LogP contribution in [0.15, 0.2) is 36.4 Å². The van der Waals surface area contributed by atoms with Crippen LogP contribution in [0, 0.1) is 0 Å². The van der Waals surface area contributed by atoms with E-state index in [1.165, 1.54) is 34.6 Å². The molecule has 0 unspecified atom stereocenters. The van der Waals surface area contributed by atoms with Crippen molar-refractivity contribution < 1.29 is 4.79 Å². The number of nitrogens with one attached hydrogen (secondary N) is 1. The predicted octanol–water partition coefficient (Wildman–Crippen LogP) is 2.55. The first kappa shape index (κ1) is 13.3. The van der Waals surface area contributed by atoms with Gasteiger partial charge in [-0.25, -0.2) is 0 Å². The van der Waals surface area contributed by atoms with Gasteiger partial charge in [0.25, 0.3) is 0 Å². The van der Waals surface area contributed by atoms with Gasteiger partial charge in [0, 0.05) is 9.75 Å². The number of fused-ring (bicyclic) bond motifs is 1. The first-order valence-electron chi connectivity index (χ1n) is 6.93. The molecule has 1 heterocycles. The van der Waals surface area contributed by atoms with Gasteiger partial charge in [-0.05, 0) is 36.5 Å². The normalized spacial score (nSPS) is 14.8. The highest BCUT2D eigenvalue weighted by atomic mass is 32.1. The smallest absolute Gasteiger partial charge is 0.241 e. The van der Waals surface area contributed by atoms with Gasteiger partial charge in [0.05, 0.1) is 6.54 Å². The Bertz CT molecular complexity index is 585. The van der Waals surface area contributed by atoms with E-state index in [0.717, 1.165) is 5.56 Å². The van der Waals surface area contributed by atoms with Crippen LogP contribution in [-0.4, -0.2) is 5.91 Å². The van der Waals surface area contributed by atoms with E-state index < -0.39 is 6.04 Å². The SMILES string of the molecule is N[C@@H](C(=O)NCc1cc2c(s1)CCC2)c1ccccc1. The summed E-state index contributed by atoms with van der Waals surface area (Å²) in [6.45, 7) is 0.580. The van der Waals surface area contributed by atoms with E-state index in [0.29, 0.717) is 6.54 Å². The van der Waals surface area contributed by atoms with Gasteiger partial charge in [-0.2, -0.15) is 0 Å². The van der Waals surface area contributed by atoms with Crippen molar-refractivity contribution in [2.24, 2.45) is 5.73 Å². The van der Waals surface area contributed by atoms with Crippen LogP contribution >= 0.6 is 11.3 Å². The predicted molar refractivity (Wildman–Crippen MR) is 81.6 cm³/mol. The van der Waals surface area contributed by atoms with Crippen molar-refractivity contribution in [2.75, 3.05) is 0 Å². The number of hydrogen-bond donors (Lipinski definition) is 2. The fourth-order valence-corrected chi connectivity index (χ4v) is 3.77. The summed E-state index contributed by atoms with van der Waals surface area (Å²) in [5.41, 5.74) is 8.28. The molecule has 1 aromatic heterocycles. The second-order valence-corrected chi connectivity index (χ2v) is 6.34. The van der Waals surface area contributed by atoms with Crippen LogP contribution in [0.1, 0.15) is 33.3 Å². The van der Waals surface area contributed by atoms with E-state index in [1.807, 2.05) is 41.7 Å². The maximum Gasteiger partial charge on any atom is 0.241 e. The van der Waals surface area contributed by atoms with Crippen molar-refractivity contribution in [2.45, 2.75) is 31.8 Å². The number of carbonyl (C=O) groups is 1. The highest BCUT2D eigenvalue weighted by Crippen LogP contribution is 2.30. The molecule has 0 radical (unpaired) electrons. The van der Waals surface area contributed by atoms with Crippen molar-refractivity contribution in [3.8, 4) is 0 Å². The molecule has 2 aromatic rings. The maximum atomic E-state index is 12.1. The maximum absolute atomic E-state index is 12.1. The lowest BCUT2D eigenvalue weighted by molar-refractivity contribution is -0.122. The van der Waals surface area contributed by atoms with Crippen LogP contribution in [0.2, 0.25) is 0 Å². The summed E-state index contributed by atoms with van der Waals surface area (Å²) in [5, 5.41) is 2.93. The third-order valence-corrected chi connectivity index (χ3v) is 4.91. The topological polar surface area (TPSA) is 55.1 Å². The van der Waals surface area contributed by atoms with E-state index >= 15 is 0 Å². The molecule has 104 valence electrons. The highest BCUT2D eigenvalue weighted by Gasteiger charge is 2.17. The van der Waals surface area contributed by atoms with Crippen molar-refractivity contribution in [3.63, 3.8) is 0 Å². The molecule has 3 nitrogen and oxygen atoms in total. The highest BCUT2D eigenvalue weighted by molar-refractivity contribution is 7.12. The minimum atomic E-state index is -0.594. The lowest BCUT2D eigenvalue weighted by Crippen LogP contribution is -2.33. The molecule has 1 amide bonds. The fraction of sp³-hybridized carbons (Fsp3) is 0.312. The van der Waals surface area contributed by atoms with Crippen LogP contribution in [0.5, 0.6) is 0 Å². The summed E-state index contributed by atoms with van der Waals surface area (Å²) in [4.78, 5) is 14.8. The van der Waals surface area contributed by atoms with Gasteiger partial charge in [-0.1, -0.05) is 30.3 Å². The summed E-state index contributed by atoms with van der Waals surface area (Å²) in [6, 6.07) is 11.1. The number of amides is 1. The van der Waals surface area contributed by atoms with Gasteiger partial charge in [0.2, 0.25) is 5.91 Å². The molecule has 0 fully saturated rings. The van der Waals surface area contributed by atoms with E-state index in [2.05, 4.69) is 11.4 Å². The second-order valence-electron chi connectivity index (χ2n) is 5.12. The average Bonchev–Trinajstić information content (AvgIpc) is 3.06. The van der Waals surface area contributed by atoms with Crippen molar-refractivity contribution >= 4 is 17.2 Å². The molecule has 3 N–H and O–H groups in total. The summed E-state index contributed by atoms with van der Waals surface area (Å²) in [5.74, 6) is -0.121. The van der Waals surface area contributed by atoms with Gasteiger partial charge in [-0.15, -0.1) is 11.3 Å². The first-order chi connectivity index (χ1) is 9.74. The minimum Gasteiger partial charge on any atom is -0.350 e. The lowest BCUT2D eigenvalue weighted by atomic mass is 10.1. The van der Waals surface area contributed by atoms with Gasteiger partial charge in [0.15, 0.2) is 0 Å². The summed E-state index contributed by atoms with van der Waals surface area (Å²) in [6.07, 6.45) is 3.65. The molecule has 1 atom stereocenters. The van der Waals surface area contributed by atoms with E-state index in [1.54, 1.807) is 0 Å². The van der Waals surface area contributed by atoms with Crippen molar-refractivity contribution in [1.82, 2.24) is 5.32 Å². The molecule has 0 aliphatic heterocycles.